The molecule has 0 saturated heterocycles. The van der Waals surface area contributed by atoms with Gasteiger partial charge in [0.15, 0.2) is 0 Å². The molecule has 74 heavy (non-hydrogen) atoms. The molecule has 0 aliphatic rings. The van der Waals surface area contributed by atoms with Crippen molar-refractivity contribution in [3.8, 4) is 61.3 Å². The SMILES string of the molecule is Cc1cc(-c2ccc(-c3ccc4c(-c5cc6ccccc6c6ccccc56)c5ccccc5c(-c5cc6ccccc6c6ccccc56)c4c3)cc2)cc(-c2ccc3c(c2)c2cccnc2n3-c2ccccc2)c1. The highest BCUT2D eigenvalue weighted by atomic mass is 15.0. The van der Waals surface area contributed by atoms with Crippen LogP contribution in [-0.2, 0) is 0 Å². The summed E-state index contributed by atoms with van der Waals surface area (Å²) in [5, 5.41) is 17.4. The van der Waals surface area contributed by atoms with Crippen molar-refractivity contribution in [3.05, 3.63) is 267 Å². The molecule has 2 aromatic heterocycles. The quantitative estimate of drug-likeness (QED) is 0.120. The summed E-state index contributed by atoms with van der Waals surface area (Å²) in [7, 11) is 0. The van der Waals surface area contributed by atoms with E-state index in [9.17, 15) is 0 Å². The Kier molecular flexibility index (Phi) is 9.52. The molecule has 15 rings (SSSR count). The van der Waals surface area contributed by atoms with Gasteiger partial charge in [-0.25, -0.2) is 4.98 Å². The highest BCUT2D eigenvalue weighted by Gasteiger charge is 2.22. The summed E-state index contributed by atoms with van der Waals surface area (Å²) >= 11 is 0. The topological polar surface area (TPSA) is 17.8 Å². The van der Waals surface area contributed by atoms with Gasteiger partial charge < -0.3 is 0 Å². The minimum Gasteiger partial charge on any atom is -0.294 e. The molecule has 0 saturated carbocycles. The smallest absolute Gasteiger partial charge is 0.145 e. The number of nitrogens with zero attached hydrogens (tertiary/aromatic N) is 2. The Labute approximate surface area is 428 Å². The minimum atomic E-state index is 0.966. The molecule has 2 nitrogen and oxygen atoms in total. The first kappa shape index (κ1) is 42.1. The highest BCUT2D eigenvalue weighted by Crippen LogP contribution is 2.49. The van der Waals surface area contributed by atoms with Crippen LogP contribution in [0.4, 0.5) is 0 Å². The van der Waals surface area contributed by atoms with E-state index in [0.717, 1.165) is 22.2 Å². The van der Waals surface area contributed by atoms with Crippen LogP contribution in [0.3, 0.4) is 0 Å². The van der Waals surface area contributed by atoms with E-state index in [-0.39, 0.29) is 0 Å². The zero-order chi connectivity index (χ0) is 48.9. The number of pyridine rings is 1. The molecule has 0 fully saturated rings. The third kappa shape index (κ3) is 6.62. The lowest BCUT2D eigenvalue weighted by Gasteiger charge is -2.21. The summed E-state index contributed by atoms with van der Waals surface area (Å²) in [6, 6.07) is 94.5. The van der Waals surface area contributed by atoms with Crippen LogP contribution in [0, 0.1) is 6.92 Å². The Balaban J connectivity index is 0.904. The summed E-state index contributed by atoms with van der Waals surface area (Å²) in [5.41, 5.74) is 16.6. The molecule has 0 amide bonds. The summed E-state index contributed by atoms with van der Waals surface area (Å²) in [6.45, 7) is 2.20. The van der Waals surface area contributed by atoms with Gasteiger partial charge >= 0.3 is 0 Å². The van der Waals surface area contributed by atoms with Crippen LogP contribution in [0.1, 0.15) is 5.56 Å². The van der Waals surface area contributed by atoms with Gasteiger partial charge in [0.25, 0.3) is 0 Å². The number of aryl methyl sites for hydroxylation is 1. The van der Waals surface area contributed by atoms with Crippen LogP contribution in [0.5, 0.6) is 0 Å². The fraction of sp³-hybridized carbons (Fsp3) is 0.0139. The number of hydrogen-bond acceptors (Lipinski definition) is 1. The maximum absolute atomic E-state index is 4.86. The molecule has 0 aliphatic carbocycles. The zero-order valence-electron chi connectivity index (χ0n) is 40.7. The molecule has 13 aromatic carbocycles. The first-order valence-electron chi connectivity index (χ1n) is 25.6. The number of hydrogen-bond donors (Lipinski definition) is 0. The number of para-hydroxylation sites is 1. The number of benzene rings is 13. The molecule has 0 unspecified atom stereocenters. The van der Waals surface area contributed by atoms with E-state index in [0.29, 0.717) is 0 Å². The van der Waals surface area contributed by atoms with Crippen LogP contribution in [-0.4, -0.2) is 9.55 Å². The van der Waals surface area contributed by atoms with E-state index in [4.69, 9.17) is 4.98 Å². The molecule has 0 aliphatic heterocycles. The van der Waals surface area contributed by atoms with Gasteiger partial charge in [0.2, 0.25) is 0 Å². The Hall–Kier alpha value is -9.63. The average Bonchev–Trinajstić information content (AvgIpc) is 3.80. The molecule has 2 heteroatoms. The van der Waals surface area contributed by atoms with E-state index in [2.05, 4.69) is 260 Å². The van der Waals surface area contributed by atoms with E-state index >= 15 is 0 Å². The molecule has 15 aromatic rings. The van der Waals surface area contributed by atoms with Crippen molar-refractivity contribution in [2.45, 2.75) is 6.92 Å². The van der Waals surface area contributed by atoms with Gasteiger partial charge in [-0.15, -0.1) is 0 Å². The lowest BCUT2D eigenvalue weighted by Crippen LogP contribution is -1.94. The second-order valence-electron chi connectivity index (χ2n) is 19.9. The number of fused-ring (bicyclic) bond motifs is 11. The van der Waals surface area contributed by atoms with Crippen molar-refractivity contribution in [1.82, 2.24) is 9.55 Å². The predicted molar refractivity (Wildman–Crippen MR) is 316 cm³/mol. The van der Waals surface area contributed by atoms with Crippen LogP contribution >= 0.6 is 0 Å². The molecular weight excluding hydrogens is 893 g/mol. The molecule has 0 atom stereocenters. The van der Waals surface area contributed by atoms with Crippen molar-refractivity contribution in [1.29, 1.82) is 0 Å². The Morgan fingerprint density at radius 2 is 0.730 bits per heavy atom. The lowest BCUT2D eigenvalue weighted by molar-refractivity contribution is 1.14. The third-order valence-electron chi connectivity index (χ3n) is 15.6. The third-order valence-corrected chi connectivity index (χ3v) is 15.6. The summed E-state index contributed by atoms with van der Waals surface area (Å²) in [4.78, 5) is 4.86. The van der Waals surface area contributed by atoms with E-state index in [1.165, 1.54) is 131 Å². The van der Waals surface area contributed by atoms with E-state index < -0.39 is 0 Å². The van der Waals surface area contributed by atoms with Crippen LogP contribution in [0.15, 0.2) is 261 Å². The van der Waals surface area contributed by atoms with Gasteiger partial charge in [-0.05, 0) is 193 Å². The summed E-state index contributed by atoms with van der Waals surface area (Å²) < 4.78 is 2.27. The summed E-state index contributed by atoms with van der Waals surface area (Å²) in [6.07, 6.45) is 1.89. The second-order valence-corrected chi connectivity index (χ2v) is 19.9. The molecule has 0 bridgehead atoms. The first-order valence-corrected chi connectivity index (χ1v) is 25.6. The van der Waals surface area contributed by atoms with Gasteiger partial charge in [-0.3, -0.25) is 4.57 Å². The maximum atomic E-state index is 4.86. The number of rotatable bonds is 6. The highest BCUT2D eigenvalue weighted by molar-refractivity contribution is 6.28. The monoisotopic (exact) mass is 938 g/mol. The minimum absolute atomic E-state index is 0.966. The van der Waals surface area contributed by atoms with Crippen molar-refractivity contribution in [2.24, 2.45) is 0 Å². The molecule has 344 valence electrons. The second kappa shape index (κ2) is 16.7. The summed E-state index contributed by atoms with van der Waals surface area (Å²) in [5.74, 6) is 0. The Bertz CT molecular complexity index is 4770. The molecular formula is C72H46N2. The van der Waals surface area contributed by atoms with Gasteiger partial charge in [0.1, 0.15) is 5.65 Å². The van der Waals surface area contributed by atoms with Crippen molar-refractivity contribution < 1.29 is 0 Å². The van der Waals surface area contributed by atoms with Gasteiger partial charge in [-0.1, -0.05) is 194 Å². The molecule has 0 N–H and O–H groups in total. The van der Waals surface area contributed by atoms with Crippen LogP contribution in [0.2, 0.25) is 0 Å². The molecule has 0 spiro atoms. The van der Waals surface area contributed by atoms with Crippen molar-refractivity contribution in [2.75, 3.05) is 0 Å². The predicted octanol–water partition coefficient (Wildman–Crippen LogP) is 19.7. The largest absolute Gasteiger partial charge is 0.294 e. The fourth-order valence-corrected chi connectivity index (χ4v) is 12.3. The molecule has 2 heterocycles. The normalized spacial score (nSPS) is 11.9. The van der Waals surface area contributed by atoms with Crippen molar-refractivity contribution >= 4 is 86.6 Å². The fourth-order valence-electron chi connectivity index (χ4n) is 12.3. The Morgan fingerprint density at radius 1 is 0.284 bits per heavy atom. The van der Waals surface area contributed by atoms with Crippen molar-refractivity contribution in [3.63, 3.8) is 0 Å². The standard InChI is InChI=1S/C72H46N2/c1-45-38-52(40-53(39-45)49-34-36-69-65(41-49)64-28-15-37-73-72(64)74(69)54-18-3-2-4-19-54)47-31-29-46(30-32-47)48-33-35-63-68(42-48)71(67-44-51-17-6-8-21-56(51)58-23-10-12-25-60(58)67)62-27-14-13-26-61(62)70(63)66-43-50-16-5-7-20-55(50)57-22-9-11-24-59(57)66/h2-44H,1H3. The van der Waals surface area contributed by atoms with E-state index in [1.807, 2.05) is 12.3 Å². The average molecular weight is 939 g/mol. The van der Waals surface area contributed by atoms with Crippen LogP contribution in [0.25, 0.3) is 148 Å². The lowest BCUT2D eigenvalue weighted by atomic mass is 9.81. The van der Waals surface area contributed by atoms with Gasteiger partial charge in [0.05, 0.1) is 5.52 Å². The van der Waals surface area contributed by atoms with E-state index in [1.54, 1.807) is 0 Å². The van der Waals surface area contributed by atoms with Gasteiger partial charge in [-0.2, -0.15) is 0 Å². The van der Waals surface area contributed by atoms with Crippen LogP contribution < -0.4 is 0 Å². The molecule has 0 radical (unpaired) electrons. The number of aromatic nitrogens is 2. The zero-order valence-corrected chi connectivity index (χ0v) is 40.7. The first-order chi connectivity index (χ1) is 36.6. The van der Waals surface area contributed by atoms with Gasteiger partial charge in [0, 0.05) is 22.7 Å². The maximum Gasteiger partial charge on any atom is 0.145 e. The Morgan fingerprint density at radius 3 is 1.36 bits per heavy atom.